The molecule has 18 heavy (non-hydrogen) atoms. The van der Waals surface area contributed by atoms with Crippen molar-refractivity contribution in [2.45, 2.75) is 31.8 Å². The predicted molar refractivity (Wildman–Crippen MR) is 74.6 cm³/mol. The summed E-state index contributed by atoms with van der Waals surface area (Å²) < 4.78 is 10.7. The topological polar surface area (TPSA) is 21.8 Å². The second-order valence-electron chi connectivity index (χ2n) is 4.76. The normalized spacial score (nSPS) is 17.7. The number of aryl methyl sites for hydroxylation is 1. The van der Waals surface area contributed by atoms with Crippen LogP contribution in [0.3, 0.4) is 0 Å². The van der Waals surface area contributed by atoms with Crippen LogP contribution < -0.4 is 0 Å². The predicted octanol–water partition coefficient (Wildman–Crippen LogP) is 3.46. The van der Waals surface area contributed by atoms with E-state index in [1.165, 1.54) is 17.5 Å². The number of hydrogen-bond acceptors (Lipinski definition) is 2. The second-order valence-corrected chi connectivity index (χ2v) is 4.76. The lowest BCUT2D eigenvalue weighted by molar-refractivity contribution is 0.122. The number of benzene rings is 1. The molecule has 1 atom stereocenters. The maximum Gasteiger partial charge on any atom is 0.0831 e. The Bertz CT molecular complexity index is 352. The molecule has 0 bridgehead atoms. The lowest BCUT2D eigenvalue weighted by atomic mass is 10.1. The van der Waals surface area contributed by atoms with Crippen molar-refractivity contribution >= 4 is 6.08 Å². The van der Waals surface area contributed by atoms with Gasteiger partial charge < -0.3 is 9.47 Å². The van der Waals surface area contributed by atoms with Crippen LogP contribution in [0.5, 0.6) is 0 Å². The second kappa shape index (κ2) is 7.34. The summed E-state index contributed by atoms with van der Waals surface area (Å²) in [5, 5.41) is 0. The first-order chi connectivity index (χ1) is 8.88. The standard InChI is InChI=1S/C16H22O2/c1-2-14-6-8-15(9-7-14)5-3-4-11-17-12-10-16-13-18-16/h2,6-9,16H,1,3-5,10-13H2. The summed E-state index contributed by atoms with van der Waals surface area (Å²) in [5.74, 6) is 0. The number of ether oxygens (including phenoxy) is 2. The van der Waals surface area contributed by atoms with Gasteiger partial charge in [0.05, 0.1) is 12.7 Å². The van der Waals surface area contributed by atoms with E-state index >= 15 is 0 Å². The highest BCUT2D eigenvalue weighted by Gasteiger charge is 2.21. The van der Waals surface area contributed by atoms with Crippen LogP contribution in [0.2, 0.25) is 0 Å². The zero-order chi connectivity index (χ0) is 12.6. The van der Waals surface area contributed by atoms with Gasteiger partial charge in [0.1, 0.15) is 0 Å². The number of rotatable bonds is 9. The molecule has 0 saturated carbocycles. The van der Waals surface area contributed by atoms with Crippen molar-refractivity contribution in [3.63, 3.8) is 0 Å². The minimum Gasteiger partial charge on any atom is -0.381 e. The van der Waals surface area contributed by atoms with E-state index in [0.717, 1.165) is 39.1 Å². The summed E-state index contributed by atoms with van der Waals surface area (Å²) in [6.07, 6.45) is 6.88. The molecule has 0 spiro atoms. The molecule has 2 nitrogen and oxygen atoms in total. The van der Waals surface area contributed by atoms with Gasteiger partial charge in [-0.25, -0.2) is 0 Å². The summed E-state index contributed by atoms with van der Waals surface area (Å²) in [7, 11) is 0. The molecule has 0 N–H and O–H groups in total. The Kier molecular flexibility index (Phi) is 5.43. The molecule has 2 heteroatoms. The Balaban J connectivity index is 1.49. The largest absolute Gasteiger partial charge is 0.381 e. The van der Waals surface area contributed by atoms with E-state index in [9.17, 15) is 0 Å². The fourth-order valence-corrected chi connectivity index (χ4v) is 1.91. The summed E-state index contributed by atoms with van der Waals surface area (Å²) >= 11 is 0. The van der Waals surface area contributed by atoms with Gasteiger partial charge in [0.25, 0.3) is 0 Å². The molecule has 0 amide bonds. The summed E-state index contributed by atoms with van der Waals surface area (Å²) in [4.78, 5) is 0. The van der Waals surface area contributed by atoms with Crippen molar-refractivity contribution in [1.82, 2.24) is 0 Å². The monoisotopic (exact) mass is 246 g/mol. The van der Waals surface area contributed by atoms with E-state index in [2.05, 4.69) is 30.8 Å². The van der Waals surface area contributed by atoms with Gasteiger partial charge in [-0.15, -0.1) is 0 Å². The Hall–Kier alpha value is -1.12. The molecule has 1 aromatic rings. The molecule has 0 radical (unpaired) electrons. The van der Waals surface area contributed by atoms with Crippen LogP contribution in [0.1, 0.15) is 30.4 Å². The molecule has 0 aromatic heterocycles. The maximum absolute atomic E-state index is 5.57. The molecule has 0 aliphatic carbocycles. The molecular formula is C16H22O2. The third-order valence-electron chi connectivity index (χ3n) is 3.21. The maximum atomic E-state index is 5.57. The zero-order valence-electron chi connectivity index (χ0n) is 10.9. The van der Waals surface area contributed by atoms with Gasteiger partial charge in [0.2, 0.25) is 0 Å². The SMILES string of the molecule is C=Cc1ccc(CCCCOCCC2CO2)cc1. The fraction of sp³-hybridized carbons (Fsp3) is 0.500. The molecule has 1 aromatic carbocycles. The molecule has 1 aliphatic heterocycles. The average Bonchev–Trinajstić information content (AvgIpc) is 3.22. The highest BCUT2D eigenvalue weighted by Crippen LogP contribution is 2.13. The molecule has 1 saturated heterocycles. The van der Waals surface area contributed by atoms with Gasteiger partial charge in [0.15, 0.2) is 0 Å². The molecule has 1 aliphatic rings. The lowest BCUT2D eigenvalue weighted by Crippen LogP contribution is -2.00. The third kappa shape index (κ3) is 5.03. The van der Waals surface area contributed by atoms with Gasteiger partial charge in [-0.2, -0.15) is 0 Å². The Morgan fingerprint density at radius 3 is 2.67 bits per heavy atom. The van der Waals surface area contributed by atoms with E-state index in [0.29, 0.717) is 6.10 Å². The minimum atomic E-state index is 0.494. The van der Waals surface area contributed by atoms with Crippen LogP contribution in [0.4, 0.5) is 0 Å². The van der Waals surface area contributed by atoms with E-state index in [1.54, 1.807) is 0 Å². The molecule has 1 unspecified atom stereocenters. The quantitative estimate of drug-likeness (QED) is 0.491. The highest BCUT2D eigenvalue weighted by molar-refractivity contribution is 5.47. The van der Waals surface area contributed by atoms with Gasteiger partial charge in [-0.1, -0.05) is 36.9 Å². The van der Waals surface area contributed by atoms with Crippen molar-refractivity contribution in [2.24, 2.45) is 0 Å². The first-order valence-electron chi connectivity index (χ1n) is 6.79. The van der Waals surface area contributed by atoms with Crippen molar-refractivity contribution in [1.29, 1.82) is 0 Å². The lowest BCUT2D eigenvalue weighted by Gasteiger charge is -2.04. The van der Waals surface area contributed by atoms with Gasteiger partial charge in [-0.05, 0) is 36.8 Å². The Labute approximate surface area is 110 Å². The van der Waals surface area contributed by atoms with Crippen LogP contribution in [-0.4, -0.2) is 25.9 Å². The van der Waals surface area contributed by atoms with E-state index < -0.39 is 0 Å². The smallest absolute Gasteiger partial charge is 0.0831 e. The van der Waals surface area contributed by atoms with Gasteiger partial charge >= 0.3 is 0 Å². The van der Waals surface area contributed by atoms with Gasteiger partial charge in [0, 0.05) is 13.2 Å². The fourth-order valence-electron chi connectivity index (χ4n) is 1.91. The molecule has 2 rings (SSSR count). The number of unbranched alkanes of at least 4 members (excludes halogenated alkanes) is 1. The number of hydrogen-bond donors (Lipinski definition) is 0. The molecule has 1 fully saturated rings. The van der Waals surface area contributed by atoms with Crippen LogP contribution in [-0.2, 0) is 15.9 Å². The zero-order valence-corrected chi connectivity index (χ0v) is 10.9. The van der Waals surface area contributed by atoms with Crippen LogP contribution >= 0.6 is 0 Å². The minimum absolute atomic E-state index is 0.494. The molecular weight excluding hydrogens is 224 g/mol. The van der Waals surface area contributed by atoms with Crippen molar-refractivity contribution in [3.8, 4) is 0 Å². The first kappa shape index (κ1) is 13.3. The number of epoxide rings is 1. The van der Waals surface area contributed by atoms with Crippen molar-refractivity contribution < 1.29 is 9.47 Å². The van der Waals surface area contributed by atoms with E-state index in [4.69, 9.17) is 9.47 Å². The van der Waals surface area contributed by atoms with Crippen LogP contribution in [0.25, 0.3) is 6.08 Å². The highest BCUT2D eigenvalue weighted by atomic mass is 16.6. The first-order valence-corrected chi connectivity index (χ1v) is 6.79. The Morgan fingerprint density at radius 1 is 1.22 bits per heavy atom. The molecule has 98 valence electrons. The Morgan fingerprint density at radius 2 is 2.00 bits per heavy atom. The van der Waals surface area contributed by atoms with Crippen LogP contribution in [0, 0.1) is 0 Å². The summed E-state index contributed by atoms with van der Waals surface area (Å²) in [6, 6.07) is 8.60. The summed E-state index contributed by atoms with van der Waals surface area (Å²) in [6.45, 7) is 6.41. The summed E-state index contributed by atoms with van der Waals surface area (Å²) in [5.41, 5.74) is 2.58. The van der Waals surface area contributed by atoms with Crippen molar-refractivity contribution in [3.05, 3.63) is 42.0 Å². The van der Waals surface area contributed by atoms with E-state index in [1.807, 2.05) is 6.08 Å². The van der Waals surface area contributed by atoms with Gasteiger partial charge in [-0.3, -0.25) is 0 Å². The van der Waals surface area contributed by atoms with E-state index in [-0.39, 0.29) is 0 Å². The third-order valence-corrected chi connectivity index (χ3v) is 3.21. The van der Waals surface area contributed by atoms with Crippen LogP contribution in [0.15, 0.2) is 30.8 Å². The van der Waals surface area contributed by atoms with Crippen molar-refractivity contribution in [2.75, 3.05) is 19.8 Å². The molecule has 1 heterocycles. The average molecular weight is 246 g/mol.